The number of aryl methyl sites for hydroxylation is 1. The molecule has 1 fully saturated rings. The lowest BCUT2D eigenvalue weighted by Crippen LogP contribution is -2.49. The highest BCUT2D eigenvalue weighted by molar-refractivity contribution is 5.02. The first-order valence-electron chi connectivity index (χ1n) is 4.37. The molecule has 0 saturated carbocycles. The lowest BCUT2D eigenvalue weighted by Gasteiger charge is -2.38. The number of hydrogen-bond acceptors (Lipinski definition) is 2. The monoisotopic (exact) mass is 166 g/mol. The summed E-state index contributed by atoms with van der Waals surface area (Å²) in [5, 5.41) is 4.46. The van der Waals surface area contributed by atoms with E-state index in [2.05, 4.69) is 25.0 Å². The predicted molar refractivity (Wildman–Crippen MR) is 46.1 cm³/mol. The maximum Gasteiger partial charge on any atom is 0.106 e. The lowest BCUT2D eigenvalue weighted by atomic mass is 10.0. The van der Waals surface area contributed by atoms with Crippen LogP contribution in [0.15, 0.2) is 12.3 Å². The van der Waals surface area contributed by atoms with E-state index in [4.69, 9.17) is 4.74 Å². The minimum absolute atomic E-state index is 0.118. The van der Waals surface area contributed by atoms with Crippen molar-refractivity contribution in [2.24, 2.45) is 0 Å². The van der Waals surface area contributed by atoms with Crippen molar-refractivity contribution in [1.29, 1.82) is 0 Å². The summed E-state index contributed by atoms with van der Waals surface area (Å²) in [5.41, 5.74) is 1.27. The molecule has 1 aromatic heterocycles. The highest BCUT2D eigenvalue weighted by Gasteiger charge is 2.35. The topological polar surface area (TPSA) is 27.1 Å². The molecule has 12 heavy (non-hydrogen) atoms. The second-order valence-electron chi connectivity index (χ2n) is 3.59. The summed E-state index contributed by atoms with van der Waals surface area (Å²) in [6.45, 7) is 5.87. The number of rotatable bonds is 2. The molecular formula is C9H14N2O. The van der Waals surface area contributed by atoms with Gasteiger partial charge in [0.05, 0.1) is 18.9 Å². The largest absolute Gasteiger partial charge is 0.376 e. The molecule has 0 radical (unpaired) electrons. The summed E-state index contributed by atoms with van der Waals surface area (Å²) in [4.78, 5) is 0. The SMILES string of the molecule is CCc1ccn(C2(C)COC2)n1. The zero-order chi connectivity index (χ0) is 8.60. The summed E-state index contributed by atoms with van der Waals surface area (Å²) in [6.07, 6.45) is 3.05. The minimum Gasteiger partial charge on any atom is -0.376 e. The first-order chi connectivity index (χ1) is 5.74. The lowest BCUT2D eigenvalue weighted by molar-refractivity contribution is -0.0959. The predicted octanol–water partition coefficient (Wildman–Crippen LogP) is 1.19. The zero-order valence-corrected chi connectivity index (χ0v) is 7.58. The summed E-state index contributed by atoms with van der Waals surface area (Å²) in [7, 11) is 0. The second-order valence-corrected chi connectivity index (χ2v) is 3.59. The number of ether oxygens (including phenoxy) is 1. The van der Waals surface area contributed by atoms with Gasteiger partial charge in [0, 0.05) is 6.20 Å². The van der Waals surface area contributed by atoms with Gasteiger partial charge in [-0.25, -0.2) is 0 Å². The molecule has 2 heterocycles. The Hall–Kier alpha value is -0.830. The summed E-state index contributed by atoms with van der Waals surface area (Å²) < 4.78 is 7.20. The van der Waals surface area contributed by atoms with Gasteiger partial charge in [-0.05, 0) is 19.4 Å². The van der Waals surface area contributed by atoms with Crippen LogP contribution in [0.25, 0.3) is 0 Å². The molecule has 1 saturated heterocycles. The summed E-state index contributed by atoms with van der Waals surface area (Å²) in [5.74, 6) is 0. The van der Waals surface area contributed by atoms with Crippen LogP contribution in [0.3, 0.4) is 0 Å². The number of nitrogens with zero attached hydrogens (tertiary/aromatic N) is 2. The van der Waals surface area contributed by atoms with Crippen molar-refractivity contribution in [2.75, 3.05) is 13.2 Å². The third kappa shape index (κ3) is 1.05. The van der Waals surface area contributed by atoms with Gasteiger partial charge >= 0.3 is 0 Å². The Bertz CT molecular complexity index is 276. The van der Waals surface area contributed by atoms with Gasteiger partial charge in [-0.2, -0.15) is 5.10 Å². The van der Waals surface area contributed by atoms with E-state index in [9.17, 15) is 0 Å². The van der Waals surface area contributed by atoms with Crippen molar-refractivity contribution < 1.29 is 4.74 Å². The van der Waals surface area contributed by atoms with Crippen molar-refractivity contribution in [2.45, 2.75) is 25.8 Å². The first kappa shape index (κ1) is 7.80. The Balaban J connectivity index is 2.22. The third-order valence-electron chi connectivity index (χ3n) is 2.39. The van der Waals surface area contributed by atoms with Gasteiger partial charge in [-0.3, -0.25) is 4.68 Å². The van der Waals surface area contributed by atoms with Gasteiger partial charge < -0.3 is 4.74 Å². The molecule has 2 rings (SSSR count). The Morgan fingerprint density at radius 3 is 2.83 bits per heavy atom. The van der Waals surface area contributed by atoms with E-state index in [-0.39, 0.29) is 5.54 Å². The van der Waals surface area contributed by atoms with E-state index < -0.39 is 0 Å². The molecule has 66 valence electrons. The van der Waals surface area contributed by atoms with E-state index in [1.807, 2.05) is 10.9 Å². The molecule has 3 heteroatoms. The van der Waals surface area contributed by atoms with E-state index in [1.165, 1.54) is 0 Å². The standard InChI is InChI=1S/C9H14N2O/c1-3-8-4-5-11(10-8)9(2)6-12-7-9/h4-5H,3,6-7H2,1-2H3. The van der Waals surface area contributed by atoms with Crippen LogP contribution < -0.4 is 0 Å². The van der Waals surface area contributed by atoms with Crippen molar-refractivity contribution >= 4 is 0 Å². The molecule has 0 aliphatic carbocycles. The summed E-state index contributed by atoms with van der Waals surface area (Å²) >= 11 is 0. The molecule has 1 aliphatic heterocycles. The van der Waals surface area contributed by atoms with E-state index in [0.29, 0.717) is 0 Å². The molecule has 0 amide bonds. The number of aromatic nitrogens is 2. The smallest absolute Gasteiger partial charge is 0.106 e. The van der Waals surface area contributed by atoms with Gasteiger partial charge in [-0.1, -0.05) is 6.92 Å². The molecule has 3 nitrogen and oxygen atoms in total. The van der Waals surface area contributed by atoms with Crippen LogP contribution in [-0.2, 0) is 16.7 Å². The molecule has 0 spiro atoms. The fourth-order valence-corrected chi connectivity index (χ4v) is 1.38. The maximum absolute atomic E-state index is 5.17. The maximum atomic E-state index is 5.17. The molecule has 1 aromatic rings. The van der Waals surface area contributed by atoms with Crippen LogP contribution in [0.5, 0.6) is 0 Å². The highest BCUT2D eigenvalue weighted by atomic mass is 16.5. The Kier molecular flexibility index (Phi) is 1.68. The van der Waals surface area contributed by atoms with E-state index in [0.717, 1.165) is 25.3 Å². The van der Waals surface area contributed by atoms with Crippen LogP contribution in [-0.4, -0.2) is 23.0 Å². The first-order valence-corrected chi connectivity index (χ1v) is 4.37. The van der Waals surface area contributed by atoms with Gasteiger partial charge in [0.25, 0.3) is 0 Å². The van der Waals surface area contributed by atoms with Gasteiger partial charge in [0.15, 0.2) is 0 Å². The average Bonchev–Trinajstić information content (AvgIpc) is 2.48. The zero-order valence-electron chi connectivity index (χ0n) is 7.58. The molecule has 0 atom stereocenters. The highest BCUT2D eigenvalue weighted by Crippen LogP contribution is 2.24. The fourth-order valence-electron chi connectivity index (χ4n) is 1.38. The normalized spacial score (nSPS) is 20.5. The molecule has 0 bridgehead atoms. The Morgan fingerprint density at radius 1 is 1.67 bits per heavy atom. The fraction of sp³-hybridized carbons (Fsp3) is 0.667. The molecule has 1 aliphatic rings. The van der Waals surface area contributed by atoms with E-state index >= 15 is 0 Å². The van der Waals surface area contributed by atoms with Crippen molar-refractivity contribution in [3.63, 3.8) is 0 Å². The van der Waals surface area contributed by atoms with Crippen molar-refractivity contribution in [1.82, 2.24) is 9.78 Å². The molecule has 0 unspecified atom stereocenters. The van der Waals surface area contributed by atoms with Gasteiger partial charge in [0.2, 0.25) is 0 Å². The Morgan fingerprint density at radius 2 is 2.42 bits per heavy atom. The van der Waals surface area contributed by atoms with Crippen LogP contribution in [0, 0.1) is 0 Å². The van der Waals surface area contributed by atoms with Crippen LogP contribution >= 0.6 is 0 Å². The number of hydrogen-bond donors (Lipinski definition) is 0. The van der Waals surface area contributed by atoms with Gasteiger partial charge in [-0.15, -0.1) is 0 Å². The quantitative estimate of drug-likeness (QED) is 0.660. The Labute approximate surface area is 72.3 Å². The molecule has 0 aromatic carbocycles. The van der Waals surface area contributed by atoms with E-state index in [1.54, 1.807) is 0 Å². The van der Waals surface area contributed by atoms with Gasteiger partial charge in [0.1, 0.15) is 5.54 Å². The second kappa shape index (κ2) is 2.59. The summed E-state index contributed by atoms with van der Waals surface area (Å²) in [6, 6.07) is 2.07. The van der Waals surface area contributed by atoms with Crippen molar-refractivity contribution in [3.8, 4) is 0 Å². The van der Waals surface area contributed by atoms with Crippen LogP contribution in [0.1, 0.15) is 19.5 Å². The third-order valence-corrected chi connectivity index (χ3v) is 2.39. The van der Waals surface area contributed by atoms with Crippen LogP contribution in [0.4, 0.5) is 0 Å². The van der Waals surface area contributed by atoms with Crippen LogP contribution in [0.2, 0.25) is 0 Å². The average molecular weight is 166 g/mol. The minimum atomic E-state index is 0.118. The van der Waals surface area contributed by atoms with Crippen molar-refractivity contribution in [3.05, 3.63) is 18.0 Å². The molecule has 0 N–H and O–H groups in total. The molecular weight excluding hydrogens is 152 g/mol.